The summed E-state index contributed by atoms with van der Waals surface area (Å²) in [6.07, 6.45) is 10.3. The van der Waals surface area contributed by atoms with Gasteiger partial charge in [0.1, 0.15) is 0 Å². The zero-order chi connectivity index (χ0) is 14.3. The molecule has 0 amide bonds. The van der Waals surface area contributed by atoms with E-state index in [-0.39, 0.29) is 11.6 Å². The van der Waals surface area contributed by atoms with Gasteiger partial charge in [-0.2, -0.15) is 0 Å². The van der Waals surface area contributed by atoms with Crippen LogP contribution in [0, 0.1) is 23.7 Å². The fraction of sp³-hybridized carbons (Fsp3) is 0.412. The van der Waals surface area contributed by atoms with Crippen molar-refractivity contribution in [2.24, 2.45) is 0 Å². The molecule has 0 rings (SSSR count). The summed E-state index contributed by atoms with van der Waals surface area (Å²) in [4.78, 5) is 22.1. The average Bonchev–Trinajstić information content (AvgIpc) is 2.42. The number of carbonyl (C=O) groups excluding carboxylic acids is 2. The van der Waals surface area contributed by atoms with Gasteiger partial charge in [0.25, 0.3) is 0 Å². The second-order valence-corrected chi connectivity index (χ2v) is 4.05. The lowest BCUT2D eigenvalue weighted by atomic mass is 10.1. The van der Waals surface area contributed by atoms with Gasteiger partial charge in [0.05, 0.1) is 0 Å². The number of hydrogen-bond donors (Lipinski definition) is 0. The van der Waals surface area contributed by atoms with Crippen LogP contribution in [0.2, 0.25) is 0 Å². The monoisotopic (exact) mass is 256 g/mol. The fourth-order valence-electron chi connectivity index (χ4n) is 1.34. The Labute approximate surface area is 116 Å². The van der Waals surface area contributed by atoms with Gasteiger partial charge in [-0.15, -0.1) is 0 Å². The first-order chi connectivity index (χ1) is 9.20. The van der Waals surface area contributed by atoms with Gasteiger partial charge in [0, 0.05) is 6.42 Å². The second-order valence-electron chi connectivity index (χ2n) is 4.05. The smallest absolute Gasteiger partial charge is 0.229 e. The van der Waals surface area contributed by atoms with Crippen LogP contribution in [0.3, 0.4) is 0 Å². The highest BCUT2D eigenvalue weighted by molar-refractivity contribution is 6.04. The third kappa shape index (κ3) is 12.2. The van der Waals surface area contributed by atoms with E-state index in [1.54, 1.807) is 0 Å². The first-order valence-electron chi connectivity index (χ1n) is 6.58. The third-order valence-corrected chi connectivity index (χ3v) is 2.39. The van der Waals surface area contributed by atoms with E-state index in [2.05, 4.69) is 37.2 Å². The molecule has 0 atom stereocenters. The van der Waals surface area contributed by atoms with Crippen molar-refractivity contribution in [3.05, 3.63) is 24.8 Å². The SMILES string of the molecule is C=CC(=O)C#CC#C/C=C\C(=O)CCCCCCC. The van der Waals surface area contributed by atoms with Gasteiger partial charge in [0.15, 0.2) is 5.78 Å². The van der Waals surface area contributed by atoms with E-state index in [1.807, 2.05) is 0 Å². The van der Waals surface area contributed by atoms with Crippen LogP contribution in [0.15, 0.2) is 24.8 Å². The molecule has 0 saturated heterocycles. The minimum absolute atomic E-state index is 0.0842. The van der Waals surface area contributed by atoms with E-state index >= 15 is 0 Å². The molecule has 0 heterocycles. The summed E-state index contributed by atoms with van der Waals surface area (Å²) in [6, 6.07) is 0. The lowest BCUT2D eigenvalue weighted by Gasteiger charge is -1.96. The van der Waals surface area contributed by atoms with Gasteiger partial charge < -0.3 is 0 Å². The topological polar surface area (TPSA) is 34.1 Å². The molecule has 0 aliphatic rings. The van der Waals surface area contributed by atoms with Gasteiger partial charge in [-0.1, -0.05) is 45.1 Å². The van der Waals surface area contributed by atoms with Crippen molar-refractivity contribution in [2.75, 3.05) is 0 Å². The largest absolute Gasteiger partial charge is 0.295 e. The fourth-order valence-corrected chi connectivity index (χ4v) is 1.34. The van der Waals surface area contributed by atoms with Crippen LogP contribution >= 0.6 is 0 Å². The van der Waals surface area contributed by atoms with Crippen molar-refractivity contribution in [1.29, 1.82) is 0 Å². The van der Waals surface area contributed by atoms with Crippen molar-refractivity contribution >= 4 is 11.6 Å². The zero-order valence-electron chi connectivity index (χ0n) is 11.5. The minimum atomic E-state index is -0.360. The van der Waals surface area contributed by atoms with Crippen LogP contribution in [0.25, 0.3) is 0 Å². The Hall–Kier alpha value is -2.06. The van der Waals surface area contributed by atoms with E-state index in [0.717, 1.165) is 18.9 Å². The molecule has 2 nitrogen and oxygen atoms in total. The molecule has 0 unspecified atom stereocenters. The second kappa shape index (κ2) is 12.4. The van der Waals surface area contributed by atoms with Crippen molar-refractivity contribution in [3.8, 4) is 23.7 Å². The molecule has 19 heavy (non-hydrogen) atoms. The average molecular weight is 256 g/mol. The number of unbranched alkanes of at least 4 members (excludes halogenated alkanes) is 4. The number of carbonyl (C=O) groups is 2. The van der Waals surface area contributed by atoms with Crippen molar-refractivity contribution in [1.82, 2.24) is 0 Å². The first kappa shape index (κ1) is 16.9. The van der Waals surface area contributed by atoms with Crippen LogP contribution in [-0.2, 0) is 9.59 Å². The van der Waals surface area contributed by atoms with Gasteiger partial charge >= 0.3 is 0 Å². The van der Waals surface area contributed by atoms with Crippen LogP contribution in [0.1, 0.15) is 45.4 Å². The molecule has 0 spiro atoms. The quantitative estimate of drug-likeness (QED) is 0.289. The van der Waals surface area contributed by atoms with Gasteiger partial charge in [-0.25, -0.2) is 0 Å². The molecule has 2 heteroatoms. The number of rotatable bonds is 8. The zero-order valence-corrected chi connectivity index (χ0v) is 11.5. The van der Waals surface area contributed by atoms with Crippen LogP contribution in [0.4, 0.5) is 0 Å². The van der Waals surface area contributed by atoms with Crippen LogP contribution in [-0.4, -0.2) is 11.6 Å². The Balaban J connectivity index is 3.83. The predicted molar refractivity (Wildman–Crippen MR) is 78.3 cm³/mol. The lowest BCUT2D eigenvalue weighted by Crippen LogP contribution is -1.91. The molecular weight excluding hydrogens is 236 g/mol. The normalized spacial score (nSPS) is 9.11. The summed E-state index contributed by atoms with van der Waals surface area (Å²) in [6.45, 7) is 5.45. The predicted octanol–water partition coefficient (Wildman–Crippen LogP) is 3.23. The van der Waals surface area contributed by atoms with E-state index in [0.29, 0.717) is 6.42 Å². The summed E-state index contributed by atoms with van der Waals surface area (Å²) in [5.74, 6) is 9.45. The molecule has 100 valence electrons. The summed E-state index contributed by atoms with van der Waals surface area (Å²) >= 11 is 0. The summed E-state index contributed by atoms with van der Waals surface area (Å²) in [5, 5.41) is 0. The number of allylic oxidation sites excluding steroid dienone is 3. The van der Waals surface area contributed by atoms with Gasteiger partial charge in [0.2, 0.25) is 5.78 Å². The Morgan fingerprint density at radius 3 is 2.53 bits per heavy atom. The van der Waals surface area contributed by atoms with E-state index in [4.69, 9.17) is 0 Å². The molecule has 0 bridgehead atoms. The highest BCUT2D eigenvalue weighted by Crippen LogP contribution is 2.05. The molecule has 0 radical (unpaired) electrons. The first-order valence-corrected chi connectivity index (χ1v) is 6.58. The summed E-state index contributed by atoms with van der Waals surface area (Å²) in [5.41, 5.74) is 0. The number of ketones is 2. The standard InChI is InChI=1S/C17H20O2/c1-3-5-6-7-11-14-17(19)15-12-9-8-10-13-16(18)4-2/h4,12,15H,2-3,5-7,11,14H2,1H3/b15-12-. The highest BCUT2D eigenvalue weighted by Gasteiger charge is 1.95. The van der Waals surface area contributed by atoms with Crippen molar-refractivity contribution in [3.63, 3.8) is 0 Å². The molecule has 0 saturated carbocycles. The van der Waals surface area contributed by atoms with E-state index < -0.39 is 0 Å². The van der Waals surface area contributed by atoms with Crippen molar-refractivity contribution < 1.29 is 9.59 Å². The lowest BCUT2D eigenvalue weighted by molar-refractivity contribution is -0.114. The molecule has 0 fully saturated rings. The highest BCUT2D eigenvalue weighted by atomic mass is 16.1. The molecule has 0 aromatic carbocycles. The maximum absolute atomic E-state index is 11.4. The van der Waals surface area contributed by atoms with Crippen molar-refractivity contribution in [2.45, 2.75) is 45.4 Å². The molecule has 0 aromatic heterocycles. The Morgan fingerprint density at radius 2 is 1.84 bits per heavy atom. The molecule has 0 aromatic rings. The Bertz CT molecular complexity index is 447. The number of hydrogen-bond acceptors (Lipinski definition) is 2. The summed E-state index contributed by atoms with van der Waals surface area (Å²) < 4.78 is 0. The van der Waals surface area contributed by atoms with Gasteiger partial charge in [-0.3, -0.25) is 9.59 Å². The Morgan fingerprint density at radius 1 is 1.11 bits per heavy atom. The van der Waals surface area contributed by atoms with E-state index in [9.17, 15) is 9.59 Å². The maximum Gasteiger partial charge on any atom is 0.229 e. The van der Waals surface area contributed by atoms with Crippen LogP contribution < -0.4 is 0 Å². The van der Waals surface area contributed by atoms with Gasteiger partial charge in [-0.05, 0) is 42.4 Å². The molecular formula is C17H20O2. The molecule has 0 N–H and O–H groups in total. The van der Waals surface area contributed by atoms with E-state index in [1.165, 1.54) is 31.4 Å². The maximum atomic E-state index is 11.4. The molecule has 0 aliphatic heterocycles. The minimum Gasteiger partial charge on any atom is -0.295 e. The third-order valence-electron chi connectivity index (χ3n) is 2.39. The van der Waals surface area contributed by atoms with Crippen LogP contribution in [0.5, 0.6) is 0 Å². The Kier molecular flexibility index (Phi) is 11.1. The molecule has 0 aliphatic carbocycles. The summed E-state index contributed by atoms with van der Waals surface area (Å²) in [7, 11) is 0.